The Morgan fingerprint density at radius 1 is 1.32 bits per heavy atom. The second kappa shape index (κ2) is 8.55. The molecule has 3 rings (SSSR count). The second-order valence-electron chi connectivity index (χ2n) is 5.98. The minimum Gasteiger partial charge on any atom is -0.477 e. The molecule has 1 aliphatic carbocycles. The molecule has 0 atom stereocenters. The molecule has 0 aromatic carbocycles. The maximum Gasteiger partial charge on any atom is 0.213 e. The maximum atomic E-state index is 6.07. The van der Waals surface area contributed by atoms with Crippen molar-refractivity contribution in [3.8, 4) is 5.88 Å². The molecule has 2 aliphatic rings. The van der Waals surface area contributed by atoms with Gasteiger partial charge in [0.1, 0.15) is 0 Å². The zero-order valence-corrected chi connectivity index (χ0v) is 15.2. The van der Waals surface area contributed by atoms with Crippen molar-refractivity contribution in [1.29, 1.82) is 0 Å². The van der Waals surface area contributed by atoms with Crippen LogP contribution in [-0.2, 0) is 6.54 Å². The first-order valence-corrected chi connectivity index (χ1v) is 7.94. The lowest BCUT2D eigenvalue weighted by Crippen LogP contribution is -2.40. The largest absolute Gasteiger partial charge is 0.477 e. The first kappa shape index (κ1) is 17.3. The number of likely N-dealkylation sites (tertiary alicyclic amines) is 1. The third kappa shape index (κ3) is 5.30. The predicted molar refractivity (Wildman–Crippen MR) is 98.6 cm³/mol. The molecule has 1 aliphatic heterocycles. The number of aromatic nitrogens is 1. The summed E-state index contributed by atoms with van der Waals surface area (Å²) in [4.78, 5) is 10.9. The predicted octanol–water partition coefficient (Wildman–Crippen LogP) is 2.79. The molecule has 2 fully saturated rings. The molecule has 0 amide bonds. The van der Waals surface area contributed by atoms with Crippen LogP contribution in [0.2, 0.25) is 0 Å². The van der Waals surface area contributed by atoms with Crippen molar-refractivity contribution in [2.75, 3.05) is 19.7 Å². The van der Waals surface area contributed by atoms with Crippen LogP contribution in [-0.4, -0.2) is 35.5 Å². The first-order valence-electron chi connectivity index (χ1n) is 7.94. The molecule has 0 spiro atoms. The van der Waals surface area contributed by atoms with Crippen molar-refractivity contribution >= 4 is 29.9 Å². The van der Waals surface area contributed by atoms with Crippen molar-refractivity contribution < 1.29 is 4.74 Å². The van der Waals surface area contributed by atoms with Crippen molar-refractivity contribution in [3.05, 3.63) is 23.9 Å². The Hall–Kier alpha value is -1.05. The van der Waals surface area contributed by atoms with Gasteiger partial charge >= 0.3 is 0 Å². The molecule has 22 heavy (non-hydrogen) atoms. The van der Waals surface area contributed by atoms with E-state index in [0.29, 0.717) is 18.4 Å². The molecule has 122 valence electrons. The highest BCUT2D eigenvalue weighted by molar-refractivity contribution is 14.0. The fourth-order valence-electron chi connectivity index (χ4n) is 2.51. The lowest BCUT2D eigenvalue weighted by Gasteiger charge is -2.27. The summed E-state index contributed by atoms with van der Waals surface area (Å²) in [5.74, 6) is 2.10. The molecule has 1 saturated heterocycles. The molecule has 0 radical (unpaired) electrons. The Balaban J connectivity index is 0.00000176. The molecular formula is C16H25IN4O. The van der Waals surface area contributed by atoms with E-state index in [1.54, 1.807) is 6.20 Å². The summed E-state index contributed by atoms with van der Waals surface area (Å²) in [5, 5.41) is 0. The Morgan fingerprint density at radius 3 is 2.82 bits per heavy atom. The second-order valence-corrected chi connectivity index (χ2v) is 5.98. The Labute approximate surface area is 149 Å². The van der Waals surface area contributed by atoms with E-state index in [4.69, 9.17) is 10.5 Å². The van der Waals surface area contributed by atoms with E-state index >= 15 is 0 Å². The zero-order valence-electron chi connectivity index (χ0n) is 12.9. The topological polar surface area (TPSA) is 63.7 Å². The fraction of sp³-hybridized carbons (Fsp3) is 0.625. The minimum atomic E-state index is 0. The summed E-state index contributed by atoms with van der Waals surface area (Å²) in [6, 6.07) is 3.94. The monoisotopic (exact) mass is 416 g/mol. The van der Waals surface area contributed by atoms with Gasteiger partial charge in [0.25, 0.3) is 0 Å². The molecule has 5 nitrogen and oxygen atoms in total. The number of nitrogens with two attached hydrogens (primary N) is 1. The molecule has 2 N–H and O–H groups in total. The van der Waals surface area contributed by atoms with E-state index in [2.05, 4.69) is 14.9 Å². The van der Waals surface area contributed by atoms with Crippen LogP contribution in [0.5, 0.6) is 5.88 Å². The van der Waals surface area contributed by atoms with E-state index in [9.17, 15) is 0 Å². The SMILES string of the molecule is I.NC(=NCc1ccnc(OCC2CC2)c1)N1CCCCC1. The smallest absolute Gasteiger partial charge is 0.213 e. The summed E-state index contributed by atoms with van der Waals surface area (Å²) < 4.78 is 5.69. The van der Waals surface area contributed by atoms with Crippen LogP contribution in [0.3, 0.4) is 0 Å². The van der Waals surface area contributed by atoms with Gasteiger partial charge in [0.2, 0.25) is 5.88 Å². The van der Waals surface area contributed by atoms with Gasteiger partial charge in [0.15, 0.2) is 5.96 Å². The highest BCUT2D eigenvalue weighted by atomic mass is 127. The van der Waals surface area contributed by atoms with Gasteiger partial charge in [-0.15, -0.1) is 24.0 Å². The number of ether oxygens (including phenoxy) is 1. The molecule has 1 saturated carbocycles. The molecular weight excluding hydrogens is 391 g/mol. The number of piperidine rings is 1. The number of pyridine rings is 1. The summed E-state index contributed by atoms with van der Waals surface area (Å²) in [7, 11) is 0. The highest BCUT2D eigenvalue weighted by Crippen LogP contribution is 2.29. The van der Waals surface area contributed by atoms with Crippen molar-refractivity contribution in [1.82, 2.24) is 9.88 Å². The fourth-order valence-corrected chi connectivity index (χ4v) is 2.51. The van der Waals surface area contributed by atoms with Crippen molar-refractivity contribution in [2.24, 2.45) is 16.6 Å². The van der Waals surface area contributed by atoms with Gasteiger partial charge in [0, 0.05) is 25.4 Å². The average Bonchev–Trinajstić information content (AvgIpc) is 3.36. The molecule has 0 bridgehead atoms. The van der Waals surface area contributed by atoms with E-state index in [1.165, 1.54) is 32.1 Å². The number of nitrogens with zero attached hydrogens (tertiary/aromatic N) is 3. The van der Waals surface area contributed by atoms with Crippen LogP contribution >= 0.6 is 24.0 Å². The number of halogens is 1. The van der Waals surface area contributed by atoms with Crippen LogP contribution in [0.1, 0.15) is 37.7 Å². The number of hydrogen-bond donors (Lipinski definition) is 1. The molecule has 6 heteroatoms. The Morgan fingerprint density at radius 2 is 2.09 bits per heavy atom. The van der Waals surface area contributed by atoms with Gasteiger partial charge in [-0.1, -0.05) is 0 Å². The van der Waals surface area contributed by atoms with Crippen molar-refractivity contribution in [2.45, 2.75) is 38.6 Å². The van der Waals surface area contributed by atoms with Crippen LogP contribution < -0.4 is 10.5 Å². The van der Waals surface area contributed by atoms with E-state index in [-0.39, 0.29) is 24.0 Å². The average molecular weight is 416 g/mol. The van der Waals surface area contributed by atoms with Gasteiger partial charge in [-0.25, -0.2) is 9.98 Å². The third-order valence-electron chi connectivity index (χ3n) is 4.07. The quantitative estimate of drug-likeness (QED) is 0.456. The summed E-state index contributed by atoms with van der Waals surface area (Å²) in [6.45, 7) is 3.43. The van der Waals surface area contributed by atoms with Crippen LogP contribution in [0.25, 0.3) is 0 Å². The van der Waals surface area contributed by atoms with Crippen LogP contribution in [0.4, 0.5) is 0 Å². The summed E-state index contributed by atoms with van der Waals surface area (Å²) in [5.41, 5.74) is 7.16. The van der Waals surface area contributed by atoms with Gasteiger partial charge in [-0.2, -0.15) is 0 Å². The number of hydrogen-bond acceptors (Lipinski definition) is 3. The molecule has 1 aromatic rings. The van der Waals surface area contributed by atoms with Crippen LogP contribution in [0.15, 0.2) is 23.3 Å². The van der Waals surface area contributed by atoms with E-state index in [1.807, 2.05) is 12.1 Å². The molecule has 0 unspecified atom stereocenters. The Bertz CT molecular complexity index is 499. The van der Waals surface area contributed by atoms with Gasteiger partial charge < -0.3 is 15.4 Å². The maximum absolute atomic E-state index is 6.07. The highest BCUT2D eigenvalue weighted by Gasteiger charge is 2.22. The normalized spacial score (nSPS) is 18.7. The van der Waals surface area contributed by atoms with Gasteiger partial charge in [-0.3, -0.25) is 0 Å². The van der Waals surface area contributed by atoms with E-state index < -0.39 is 0 Å². The summed E-state index contributed by atoms with van der Waals surface area (Å²) in [6.07, 6.45) is 8.09. The van der Waals surface area contributed by atoms with E-state index in [0.717, 1.165) is 31.2 Å². The molecule has 2 heterocycles. The lowest BCUT2D eigenvalue weighted by atomic mass is 10.1. The number of aliphatic imine (C=N–C) groups is 1. The minimum absolute atomic E-state index is 0. The molecule has 1 aromatic heterocycles. The first-order chi connectivity index (χ1) is 10.3. The van der Waals surface area contributed by atoms with Crippen molar-refractivity contribution in [3.63, 3.8) is 0 Å². The van der Waals surface area contributed by atoms with Crippen LogP contribution in [0, 0.1) is 5.92 Å². The van der Waals surface area contributed by atoms with Gasteiger partial charge in [0.05, 0.1) is 13.2 Å². The zero-order chi connectivity index (χ0) is 14.5. The standard InChI is InChI=1S/C16H24N4O.HI/c17-16(20-8-2-1-3-9-20)19-11-14-6-7-18-15(10-14)21-12-13-4-5-13;/h6-7,10,13H,1-5,8-9,11-12H2,(H2,17,19);1H. The number of rotatable bonds is 5. The Kier molecular flexibility index (Phi) is 6.72. The summed E-state index contributed by atoms with van der Waals surface area (Å²) >= 11 is 0. The third-order valence-corrected chi connectivity index (χ3v) is 4.07. The van der Waals surface area contributed by atoms with Gasteiger partial charge in [-0.05, 0) is 49.7 Å². The number of guanidine groups is 1. The lowest BCUT2D eigenvalue weighted by molar-refractivity contribution is 0.288.